The SMILES string of the molecule is CN=C1COCCN1c1ccc(NC(=O)C2(NC(=O)c3ccc(Br)s3)CCN(C)C2)cc1C. The minimum Gasteiger partial charge on any atom is -0.372 e. The maximum absolute atomic E-state index is 13.4. The summed E-state index contributed by atoms with van der Waals surface area (Å²) in [5.41, 5.74) is 1.79. The fraction of sp³-hybridized carbons (Fsp3) is 0.435. The summed E-state index contributed by atoms with van der Waals surface area (Å²) in [4.78, 5) is 35.4. The van der Waals surface area contributed by atoms with E-state index in [2.05, 4.69) is 41.4 Å². The van der Waals surface area contributed by atoms with Gasteiger partial charge in [-0.3, -0.25) is 14.6 Å². The van der Waals surface area contributed by atoms with E-state index >= 15 is 0 Å². The molecule has 33 heavy (non-hydrogen) atoms. The molecule has 1 aromatic heterocycles. The third kappa shape index (κ3) is 5.13. The number of nitrogens with one attached hydrogen (secondary N) is 2. The van der Waals surface area contributed by atoms with Crippen LogP contribution in [0.4, 0.5) is 11.4 Å². The second kappa shape index (κ2) is 9.92. The zero-order valence-corrected chi connectivity index (χ0v) is 21.4. The minimum absolute atomic E-state index is 0.204. The Labute approximate surface area is 206 Å². The van der Waals surface area contributed by atoms with Gasteiger partial charge in [0.15, 0.2) is 0 Å². The average molecular weight is 534 g/mol. The van der Waals surface area contributed by atoms with E-state index in [1.54, 1.807) is 13.1 Å². The van der Waals surface area contributed by atoms with Gasteiger partial charge in [0.1, 0.15) is 18.0 Å². The van der Waals surface area contributed by atoms with Gasteiger partial charge in [-0.25, -0.2) is 0 Å². The summed E-state index contributed by atoms with van der Waals surface area (Å²) in [7, 11) is 3.72. The van der Waals surface area contributed by atoms with Gasteiger partial charge < -0.3 is 25.2 Å². The van der Waals surface area contributed by atoms with Crippen LogP contribution in [0.2, 0.25) is 0 Å². The molecule has 2 fully saturated rings. The first-order valence-electron chi connectivity index (χ1n) is 10.8. The molecule has 2 aliphatic rings. The molecule has 2 saturated heterocycles. The number of carbonyl (C=O) groups excluding carboxylic acids is 2. The minimum atomic E-state index is -0.985. The van der Waals surface area contributed by atoms with Crippen molar-refractivity contribution in [2.24, 2.45) is 4.99 Å². The number of amidine groups is 1. The Bertz CT molecular complexity index is 1090. The number of likely N-dealkylation sites (tertiary alicyclic amines) is 1. The molecule has 176 valence electrons. The molecule has 0 aliphatic carbocycles. The second-order valence-corrected chi connectivity index (χ2v) is 10.9. The monoisotopic (exact) mass is 533 g/mol. The number of aliphatic imine (C=N–C) groups is 1. The number of amides is 2. The quantitative estimate of drug-likeness (QED) is 0.616. The Morgan fingerprint density at radius 1 is 1.24 bits per heavy atom. The lowest BCUT2D eigenvalue weighted by Crippen LogP contribution is -2.58. The standard InChI is InChI=1S/C23H28BrN5O3S/c1-15-12-16(4-5-17(15)29-10-11-32-13-20(29)25-2)26-22(31)23(8-9-28(3)14-23)27-21(30)18-6-7-19(24)33-18/h4-7,12H,8-11,13-14H2,1-3H3,(H,26,31)(H,27,30). The van der Waals surface area contributed by atoms with E-state index in [1.807, 2.05) is 38.2 Å². The first kappa shape index (κ1) is 23.9. The van der Waals surface area contributed by atoms with Crippen molar-refractivity contribution in [3.8, 4) is 0 Å². The zero-order chi connectivity index (χ0) is 23.6. The molecular formula is C23H28BrN5O3S. The van der Waals surface area contributed by atoms with E-state index in [0.29, 0.717) is 36.7 Å². The van der Waals surface area contributed by atoms with Crippen LogP contribution in [0.25, 0.3) is 0 Å². The summed E-state index contributed by atoms with van der Waals surface area (Å²) in [6.07, 6.45) is 0.550. The zero-order valence-electron chi connectivity index (χ0n) is 19.0. The fourth-order valence-electron chi connectivity index (χ4n) is 4.32. The van der Waals surface area contributed by atoms with E-state index in [9.17, 15) is 9.59 Å². The summed E-state index contributed by atoms with van der Waals surface area (Å²) < 4.78 is 6.39. The van der Waals surface area contributed by atoms with Gasteiger partial charge in [-0.1, -0.05) is 0 Å². The maximum Gasteiger partial charge on any atom is 0.262 e. The number of hydrogen-bond acceptors (Lipinski definition) is 6. The van der Waals surface area contributed by atoms with E-state index in [4.69, 9.17) is 4.74 Å². The van der Waals surface area contributed by atoms with E-state index in [0.717, 1.165) is 34.0 Å². The van der Waals surface area contributed by atoms with Crippen molar-refractivity contribution in [1.82, 2.24) is 10.2 Å². The van der Waals surface area contributed by atoms with Crippen LogP contribution in [0.5, 0.6) is 0 Å². The van der Waals surface area contributed by atoms with Crippen LogP contribution in [0.3, 0.4) is 0 Å². The molecule has 2 aliphatic heterocycles. The molecule has 2 aromatic rings. The van der Waals surface area contributed by atoms with Gasteiger partial charge in [0.25, 0.3) is 11.8 Å². The number of likely N-dealkylation sites (N-methyl/N-ethyl adjacent to an activating group) is 1. The number of hydrogen-bond donors (Lipinski definition) is 2. The fourth-order valence-corrected chi connectivity index (χ4v) is 5.60. The summed E-state index contributed by atoms with van der Waals surface area (Å²) in [6.45, 7) is 5.08. The number of morpholine rings is 1. The van der Waals surface area contributed by atoms with Crippen LogP contribution in [0.15, 0.2) is 39.1 Å². The lowest BCUT2D eigenvalue weighted by molar-refractivity contribution is -0.121. The smallest absolute Gasteiger partial charge is 0.262 e. The Morgan fingerprint density at radius 3 is 2.70 bits per heavy atom. The average Bonchev–Trinajstić information content (AvgIpc) is 3.40. The van der Waals surface area contributed by atoms with Gasteiger partial charge in [0.2, 0.25) is 0 Å². The Kier molecular flexibility index (Phi) is 7.18. The molecular weight excluding hydrogens is 506 g/mol. The highest BCUT2D eigenvalue weighted by atomic mass is 79.9. The van der Waals surface area contributed by atoms with Gasteiger partial charge in [-0.05, 0) is 72.2 Å². The number of aryl methyl sites for hydroxylation is 1. The summed E-state index contributed by atoms with van der Waals surface area (Å²) in [5.74, 6) is 0.448. The molecule has 3 heterocycles. The van der Waals surface area contributed by atoms with Crippen molar-refractivity contribution in [3.05, 3.63) is 44.6 Å². The first-order chi connectivity index (χ1) is 15.8. The molecule has 1 unspecified atom stereocenters. The highest BCUT2D eigenvalue weighted by Crippen LogP contribution is 2.29. The van der Waals surface area contributed by atoms with Gasteiger partial charge >= 0.3 is 0 Å². The lowest BCUT2D eigenvalue weighted by Gasteiger charge is -2.32. The Hall–Kier alpha value is -2.27. The van der Waals surface area contributed by atoms with Crippen LogP contribution < -0.4 is 15.5 Å². The molecule has 8 nitrogen and oxygen atoms in total. The predicted molar refractivity (Wildman–Crippen MR) is 136 cm³/mol. The van der Waals surface area contributed by atoms with Crippen molar-refractivity contribution in [1.29, 1.82) is 0 Å². The van der Waals surface area contributed by atoms with Gasteiger partial charge in [-0.2, -0.15) is 0 Å². The Balaban J connectivity index is 1.52. The predicted octanol–water partition coefficient (Wildman–Crippen LogP) is 3.13. The number of anilines is 2. The molecule has 0 bridgehead atoms. The van der Waals surface area contributed by atoms with Crippen LogP contribution in [-0.4, -0.2) is 75.0 Å². The van der Waals surface area contributed by atoms with E-state index < -0.39 is 5.54 Å². The van der Waals surface area contributed by atoms with E-state index in [1.165, 1.54) is 11.3 Å². The lowest BCUT2D eigenvalue weighted by atomic mass is 9.96. The second-order valence-electron chi connectivity index (χ2n) is 8.43. The maximum atomic E-state index is 13.4. The topological polar surface area (TPSA) is 86.3 Å². The summed E-state index contributed by atoms with van der Waals surface area (Å²) >= 11 is 4.74. The molecule has 2 amide bonds. The van der Waals surface area contributed by atoms with Crippen LogP contribution >= 0.6 is 27.3 Å². The van der Waals surface area contributed by atoms with Crippen molar-refractivity contribution >= 4 is 56.3 Å². The number of rotatable bonds is 5. The number of ether oxygens (including phenoxy) is 1. The Morgan fingerprint density at radius 2 is 2.06 bits per heavy atom. The third-order valence-electron chi connectivity index (χ3n) is 6.05. The largest absolute Gasteiger partial charge is 0.372 e. The number of nitrogens with zero attached hydrogens (tertiary/aromatic N) is 3. The molecule has 4 rings (SSSR count). The summed E-state index contributed by atoms with van der Waals surface area (Å²) in [6, 6.07) is 9.45. The molecule has 1 atom stereocenters. The molecule has 2 N–H and O–H groups in total. The number of carbonyl (C=O) groups is 2. The molecule has 0 spiro atoms. The van der Waals surface area contributed by atoms with Gasteiger partial charge in [0, 0.05) is 38.1 Å². The van der Waals surface area contributed by atoms with Crippen molar-refractivity contribution in [2.75, 3.05) is 57.2 Å². The number of halogens is 1. The number of thiophene rings is 1. The first-order valence-corrected chi connectivity index (χ1v) is 12.4. The molecule has 1 aromatic carbocycles. The summed E-state index contributed by atoms with van der Waals surface area (Å²) in [5, 5.41) is 6.07. The molecule has 0 radical (unpaired) electrons. The van der Waals surface area contributed by atoms with Gasteiger partial charge in [-0.15, -0.1) is 11.3 Å². The van der Waals surface area contributed by atoms with Gasteiger partial charge in [0.05, 0.1) is 15.3 Å². The van der Waals surface area contributed by atoms with Crippen molar-refractivity contribution < 1.29 is 14.3 Å². The highest BCUT2D eigenvalue weighted by Gasteiger charge is 2.45. The highest BCUT2D eigenvalue weighted by molar-refractivity contribution is 9.11. The number of benzene rings is 1. The van der Waals surface area contributed by atoms with E-state index in [-0.39, 0.29) is 11.8 Å². The molecule has 0 saturated carbocycles. The van der Waals surface area contributed by atoms with Crippen molar-refractivity contribution in [3.63, 3.8) is 0 Å². The van der Waals surface area contributed by atoms with Crippen LogP contribution in [-0.2, 0) is 9.53 Å². The van der Waals surface area contributed by atoms with Crippen LogP contribution in [0.1, 0.15) is 21.7 Å². The molecule has 10 heteroatoms. The normalized spacial score (nSPS) is 22.5. The third-order valence-corrected chi connectivity index (χ3v) is 7.67. The van der Waals surface area contributed by atoms with Crippen LogP contribution in [0, 0.1) is 6.92 Å². The van der Waals surface area contributed by atoms with Crippen molar-refractivity contribution in [2.45, 2.75) is 18.9 Å².